The third-order valence-corrected chi connectivity index (χ3v) is 12.8. The van der Waals surface area contributed by atoms with Gasteiger partial charge in [-0.1, -0.05) is 32.9 Å². The van der Waals surface area contributed by atoms with Crippen molar-refractivity contribution in [2.24, 2.45) is 28.8 Å². The SMILES string of the molecule is CC[C@H]1OC(=O)[C@H](C)[C@@H](OC2CC(C)(OC)C(O)C(C)O2)[C@H](C)[C@@H](OC2OC(C)CC(N(C)C)C2O)[C@](C)(O)C[C@@H](C)/C(=N/OCOCOCCOC)[C@H](C)[C@@H](O)[C@]1(C)O. The molecule has 3 rings (SSSR count). The molecule has 18 nitrogen and oxygen atoms in total. The van der Waals surface area contributed by atoms with E-state index in [9.17, 15) is 30.3 Å². The smallest absolute Gasteiger partial charge is 0.311 e. The Bertz CT molecular complexity index is 1340. The van der Waals surface area contributed by atoms with Gasteiger partial charge in [-0.25, -0.2) is 0 Å². The summed E-state index contributed by atoms with van der Waals surface area (Å²) >= 11 is 0. The highest BCUT2D eigenvalue weighted by molar-refractivity contribution is 5.88. The van der Waals surface area contributed by atoms with Gasteiger partial charge in [0.15, 0.2) is 19.4 Å². The zero-order valence-corrected chi connectivity index (χ0v) is 38.4. The van der Waals surface area contributed by atoms with Crippen molar-refractivity contribution < 1.29 is 77.8 Å². The van der Waals surface area contributed by atoms with Crippen molar-refractivity contribution in [2.75, 3.05) is 55.1 Å². The molecule has 18 atom stereocenters. The van der Waals surface area contributed by atoms with Crippen molar-refractivity contribution in [3.05, 3.63) is 0 Å². The van der Waals surface area contributed by atoms with Crippen LogP contribution in [0.15, 0.2) is 5.16 Å². The number of esters is 1. The summed E-state index contributed by atoms with van der Waals surface area (Å²) in [7, 11) is 6.76. The number of ether oxygens (including phenoxy) is 9. The molecule has 0 bridgehead atoms. The Morgan fingerprint density at radius 3 is 2.13 bits per heavy atom. The van der Waals surface area contributed by atoms with E-state index >= 15 is 0 Å². The fraction of sp³-hybridized carbons (Fsp3) is 0.952. The maximum Gasteiger partial charge on any atom is 0.311 e. The fourth-order valence-corrected chi connectivity index (χ4v) is 9.03. The topological polar surface area (TPSA) is 226 Å². The van der Waals surface area contributed by atoms with E-state index in [2.05, 4.69) is 5.16 Å². The van der Waals surface area contributed by atoms with Gasteiger partial charge in [0.25, 0.3) is 0 Å². The minimum absolute atomic E-state index is 0.0481. The second kappa shape index (κ2) is 22.8. The summed E-state index contributed by atoms with van der Waals surface area (Å²) in [6.45, 7) is 17.2. The number of likely N-dealkylation sites (N-methyl/N-ethyl adjacent to an activating group) is 1. The van der Waals surface area contributed by atoms with Crippen molar-refractivity contribution in [1.82, 2.24) is 4.90 Å². The van der Waals surface area contributed by atoms with Crippen molar-refractivity contribution in [1.29, 1.82) is 0 Å². The number of rotatable bonds is 15. The van der Waals surface area contributed by atoms with Crippen molar-refractivity contribution >= 4 is 11.7 Å². The molecule has 3 fully saturated rings. The molecule has 0 aromatic rings. The minimum Gasteiger partial charge on any atom is -0.459 e. The molecule has 8 unspecified atom stereocenters. The number of carbonyl (C=O) groups excluding carboxylic acids is 1. The number of oxime groups is 1. The third-order valence-electron chi connectivity index (χ3n) is 12.8. The minimum atomic E-state index is -1.98. The number of hydrogen-bond donors (Lipinski definition) is 5. The van der Waals surface area contributed by atoms with Gasteiger partial charge in [0.05, 0.1) is 66.6 Å². The molecule has 3 aliphatic rings. The Morgan fingerprint density at radius 1 is 0.867 bits per heavy atom. The van der Waals surface area contributed by atoms with Gasteiger partial charge in [-0.15, -0.1) is 0 Å². The Labute approximate surface area is 357 Å². The molecule has 0 spiro atoms. The maximum absolute atomic E-state index is 14.4. The van der Waals surface area contributed by atoms with E-state index in [-0.39, 0.29) is 50.7 Å². The first-order valence-electron chi connectivity index (χ1n) is 21.3. The lowest BCUT2D eigenvalue weighted by atomic mass is 9.73. The van der Waals surface area contributed by atoms with Gasteiger partial charge >= 0.3 is 5.97 Å². The number of aliphatic hydroxyl groups is 5. The quantitative estimate of drug-likeness (QED) is 0.0688. The molecule has 5 N–H and O–H groups in total. The predicted molar refractivity (Wildman–Crippen MR) is 218 cm³/mol. The highest BCUT2D eigenvalue weighted by Crippen LogP contribution is 2.41. The summed E-state index contributed by atoms with van der Waals surface area (Å²) in [4.78, 5) is 21.8. The van der Waals surface area contributed by atoms with Gasteiger partial charge in [0.1, 0.15) is 23.9 Å². The third kappa shape index (κ3) is 13.0. The number of hydrogen-bond acceptors (Lipinski definition) is 18. The van der Waals surface area contributed by atoms with Crippen molar-refractivity contribution in [3.63, 3.8) is 0 Å². The first kappa shape index (κ1) is 52.7. The highest BCUT2D eigenvalue weighted by Gasteiger charge is 2.53. The molecular formula is C42H78N2O16. The van der Waals surface area contributed by atoms with Crippen LogP contribution in [-0.2, 0) is 52.3 Å². The lowest BCUT2D eigenvalue weighted by Crippen LogP contribution is -2.61. The molecule has 60 heavy (non-hydrogen) atoms. The summed E-state index contributed by atoms with van der Waals surface area (Å²) < 4.78 is 53.4. The number of nitrogens with zero attached hydrogens (tertiary/aromatic N) is 2. The summed E-state index contributed by atoms with van der Waals surface area (Å²) in [6, 6.07) is -0.336. The molecule has 0 aliphatic carbocycles. The highest BCUT2D eigenvalue weighted by atomic mass is 16.8. The van der Waals surface area contributed by atoms with E-state index in [1.165, 1.54) is 14.0 Å². The van der Waals surface area contributed by atoms with Crippen molar-refractivity contribution in [3.8, 4) is 0 Å². The van der Waals surface area contributed by atoms with Crippen LogP contribution >= 0.6 is 0 Å². The predicted octanol–water partition coefficient (Wildman–Crippen LogP) is 2.18. The van der Waals surface area contributed by atoms with E-state index in [1.807, 2.05) is 25.9 Å². The zero-order valence-electron chi connectivity index (χ0n) is 38.4. The average Bonchev–Trinajstić information content (AvgIpc) is 3.18. The molecule has 0 saturated carbocycles. The number of methoxy groups -OCH3 is 2. The van der Waals surface area contributed by atoms with Gasteiger partial charge in [0.2, 0.25) is 6.79 Å². The van der Waals surface area contributed by atoms with Gasteiger partial charge < -0.3 is 77.9 Å². The lowest BCUT2D eigenvalue weighted by Gasteiger charge is -2.49. The Kier molecular flexibility index (Phi) is 20.1. The number of cyclic esters (lactones) is 1. The molecule has 352 valence electrons. The molecule has 0 aromatic heterocycles. The van der Waals surface area contributed by atoms with Crippen LogP contribution in [0.4, 0.5) is 0 Å². The number of aliphatic hydroxyl groups excluding tert-OH is 3. The van der Waals surface area contributed by atoms with Crippen LogP contribution in [0.5, 0.6) is 0 Å². The molecular weight excluding hydrogens is 788 g/mol. The van der Waals surface area contributed by atoms with Crippen LogP contribution in [-0.4, -0.2) is 181 Å². The first-order chi connectivity index (χ1) is 28.0. The molecule has 0 aromatic carbocycles. The summed E-state index contributed by atoms with van der Waals surface area (Å²) in [5, 5.41) is 63.7. The van der Waals surface area contributed by atoms with E-state index in [1.54, 1.807) is 62.5 Å². The summed E-state index contributed by atoms with van der Waals surface area (Å²) in [5.74, 6) is -4.22. The summed E-state index contributed by atoms with van der Waals surface area (Å²) in [5.41, 5.74) is -4.56. The summed E-state index contributed by atoms with van der Waals surface area (Å²) in [6.07, 6.45) is -9.64. The second-order valence-electron chi connectivity index (χ2n) is 18.1. The second-order valence-corrected chi connectivity index (χ2v) is 18.1. The normalized spacial score (nSPS) is 44.7. The average molecular weight is 867 g/mol. The van der Waals surface area contributed by atoms with Gasteiger partial charge in [0, 0.05) is 44.4 Å². The van der Waals surface area contributed by atoms with Crippen LogP contribution in [0.3, 0.4) is 0 Å². The standard InChI is InChI=1S/C42H78N2O16/c1-15-30-42(10,50)35(46)25(4)32(43-55-22-54-21-53-17-16-51-13)23(2)19-40(8,49)37(60-39-33(45)29(44(11)12)18-24(3)56-39)26(5)34(27(6)38(48)58-30)59-31-20-41(9,52-14)36(47)28(7)57-31/h23-31,33-37,39,45-47,49-50H,15-22H2,1-14H3/b43-32-/t23-,24?,25+,26+,27-,28?,29?,30-,31?,33?,34+,35-,36?,37-,39?,40-,41?,42-/m1/s1. The molecule has 3 saturated heterocycles. The molecule has 3 aliphatic heterocycles. The van der Waals surface area contributed by atoms with Crippen LogP contribution in [0.1, 0.15) is 94.9 Å². The van der Waals surface area contributed by atoms with E-state index < -0.39 is 102 Å². The monoisotopic (exact) mass is 867 g/mol. The molecule has 3 heterocycles. The molecule has 0 radical (unpaired) electrons. The van der Waals surface area contributed by atoms with Crippen LogP contribution in [0, 0.1) is 23.7 Å². The maximum atomic E-state index is 14.4. The largest absolute Gasteiger partial charge is 0.459 e. The Hall–Kier alpha value is -1.62. The van der Waals surface area contributed by atoms with Crippen molar-refractivity contribution in [2.45, 2.75) is 179 Å². The van der Waals surface area contributed by atoms with Crippen LogP contribution < -0.4 is 0 Å². The Balaban J connectivity index is 2.18. The van der Waals surface area contributed by atoms with Gasteiger partial charge in [-0.3, -0.25) is 4.79 Å². The Morgan fingerprint density at radius 2 is 1.53 bits per heavy atom. The first-order valence-corrected chi connectivity index (χ1v) is 21.3. The van der Waals surface area contributed by atoms with Crippen LogP contribution in [0.25, 0.3) is 0 Å². The van der Waals surface area contributed by atoms with Crippen LogP contribution in [0.2, 0.25) is 0 Å². The van der Waals surface area contributed by atoms with Gasteiger partial charge in [-0.05, 0) is 74.9 Å². The number of carbonyl (C=O) groups is 1. The van der Waals surface area contributed by atoms with Gasteiger partial charge in [-0.2, -0.15) is 0 Å². The fourth-order valence-electron chi connectivity index (χ4n) is 9.03. The van der Waals surface area contributed by atoms with E-state index in [0.717, 1.165) is 0 Å². The van der Waals surface area contributed by atoms with E-state index in [0.29, 0.717) is 19.6 Å². The molecule has 0 amide bonds. The zero-order chi connectivity index (χ0) is 45.3. The lowest BCUT2D eigenvalue weighted by molar-refractivity contribution is -0.317. The molecule has 18 heteroatoms. The van der Waals surface area contributed by atoms with E-state index in [4.69, 9.17) is 47.5 Å².